The molecule has 1 aliphatic rings. The molecule has 0 aliphatic carbocycles. The predicted molar refractivity (Wildman–Crippen MR) is 103 cm³/mol. The highest BCUT2D eigenvalue weighted by atomic mass is 19.2. The Bertz CT molecular complexity index is 557. The highest BCUT2D eigenvalue weighted by molar-refractivity contribution is 5.79. The number of nitrogens with two attached hydrogens (primary N) is 1. The molecule has 0 radical (unpaired) electrons. The molecular formula is C19H34F2N2O7. The van der Waals surface area contributed by atoms with Crippen LogP contribution in [0.3, 0.4) is 0 Å². The summed E-state index contributed by atoms with van der Waals surface area (Å²) < 4.78 is 39.7. The Morgan fingerprint density at radius 1 is 1.23 bits per heavy atom. The lowest BCUT2D eigenvalue weighted by Gasteiger charge is -2.46. The maximum Gasteiger partial charge on any atom is 0.375 e. The molecule has 0 saturated carbocycles. The van der Waals surface area contributed by atoms with Crippen molar-refractivity contribution in [3.05, 3.63) is 0 Å². The number of ether oxygens (including phenoxy) is 2. The van der Waals surface area contributed by atoms with E-state index in [1.807, 2.05) is 0 Å². The van der Waals surface area contributed by atoms with Gasteiger partial charge in [-0.1, -0.05) is 39.0 Å². The number of rotatable bonds is 12. The van der Waals surface area contributed by atoms with Crippen molar-refractivity contribution in [2.45, 2.75) is 94.8 Å². The quantitative estimate of drug-likeness (QED) is 0.207. The van der Waals surface area contributed by atoms with Crippen LogP contribution in [0.5, 0.6) is 0 Å². The molecule has 1 aliphatic heterocycles. The molecule has 1 saturated heterocycles. The maximum absolute atomic E-state index is 15.3. The van der Waals surface area contributed by atoms with Crippen molar-refractivity contribution in [2.75, 3.05) is 13.2 Å². The van der Waals surface area contributed by atoms with Gasteiger partial charge in [-0.15, -0.1) is 0 Å². The number of carbonyl (C=O) groups excluding carboxylic acids is 2. The van der Waals surface area contributed by atoms with E-state index in [-0.39, 0.29) is 6.61 Å². The summed E-state index contributed by atoms with van der Waals surface area (Å²) in [5.41, 5.74) is 5.70. The SMILES string of the molecule is CCCCCCCCOC(=O)[C@]1(F)OC([C@H](O)[C@H](O)CO)C(NC(C)=O)C(N)C1F. The molecule has 7 atom stereocenters. The largest absolute Gasteiger partial charge is 0.461 e. The van der Waals surface area contributed by atoms with Crippen LogP contribution >= 0.6 is 0 Å². The molecule has 1 heterocycles. The van der Waals surface area contributed by atoms with Crippen LogP contribution in [0.4, 0.5) is 8.78 Å². The van der Waals surface area contributed by atoms with Gasteiger partial charge in [0.2, 0.25) is 5.91 Å². The standard InChI is InChI=1S/C19H34F2N2O7/c1-3-4-5-6-7-8-9-29-18(28)19(21)17(20)13(22)14(23-11(2)25)16(30-19)15(27)12(26)10-24/h12-17,24,26-27H,3-10,22H2,1-2H3,(H,23,25)/t12-,13?,14?,15-,16?,17?,19-/m1/s1. The fourth-order valence-electron chi connectivity index (χ4n) is 3.31. The molecule has 0 aromatic rings. The van der Waals surface area contributed by atoms with Gasteiger partial charge in [-0.3, -0.25) is 4.79 Å². The minimum atomic E-state index is -3.64. The van der Waals surface area contributed by atoms with Crippen LogP contribution in [-0.2, 0) is 19.1 Å². The molecule has 0 bridgehead atoms. The third-order valence-electron chi connectivity index (χ3n) is 5.07. The van der Waals surface area contributed by atoms with Gasteiger partial charge in [0.1, 0.15) is 18.3 Å². The molecule has 9 nitrogen and oxygen atoms in total. The van der Waals surface area contributed by atoms with Crippen molar-refractivity contribution in [1.82, 2.24) is 5.32 Å². The summed E-state index contributed by atoms with van der Waals surface area (Å²) >= 11 is 0. The average molecular weight is 440 g/mol. The number of unbranched alkanes of at least 4 members (excludes halogenated alkanes) is 5. The highest BCUT2D eigenvalue weighted by Crippen LogP contribution is 2.35. The van der Waals surface area contributed by atoms with Crippen LogP contribution in [0.15, 0.2) is 0 Å². The van der Waals surface area contributed by atoms with Gasteiger partial charge in [-0.25, -0.2) is 9.18 Å². The Labute approximate surface area is 174 Å². The van der Waals surface area contributed by atoms with E-state index in [1.54, 1.807) is 0 Å². The van der Waals surface area contributed by atoms with Crippen molar-refractivity contribution in [3.63, 3.8) is 0 Å². The number of aliphatic hydroxyl groups excluding tert-OH is 3. The zero-order valence-corrected chi connectivity index (χ0v) is 17.4. The van der Waals surface area contributed by atoms with Gasteiger partial charge in [0.25, 0.3) is 0 Å². The Morgan fingerprint density at radius 2 is 1.83 bits per heavy atom. The molecule has 1 fully saturated rings. The van der Waals surface area contributed by atoms with Crippen molar-refractivity contribution in [1.29, 1.82) is 0 Å². The predicted octanol–water partition coefficient (Wildman–Crippen LogP) is -0.161. The zero-order chi connectivity index (χ0) is 22.9. The van der Waals surface area contributed by atoms with Gasteiger partial charge in [0, 0.05) is 6.92 Å². The van der Waals surface area contributed by atoms with Crippen LogP contribution in [0.25, 0.3) is 0 Å². The van der Waals surface area contributed by atoms with E-state index in [0.29, 0.717) is 6.42 Å². The lowest BCUT2D eigenvalue weighted by molar-refractivity contribution is -0.278. The molecular weight excluding hydrogens is 406 g/mol. The molecule has 30 heavy (non-hydrogen) atoms. The first kappa shape index (κ1) is 26.6. The first-order valence-corrected chi connectivity index (χ1v) is 10.3. The summed E-state index contributed by atoms with van der Waals surface area (Å²) in [5.74, 6) is -5.97. The van der Waals surface area contributed by atoms with Crippen LogP contribution < -0.4 is 11.1 Å². The summed E-state index contributed by atoms with van der Waals surface area (Å²) in [6.45, 7) is 2.08. The second kappa shape index (κ2) is 12.5. The Kier molecular flexibility index (Phi) is 11.1. The van der Waals surface area contributed by atoms with E-state index >= 15 is 4.39 Å². The van der Waals surface area contributed by atoms with Crippen molar-refractivity contribution < 1.29 is 43.2 Å². The van der Waals surface area contributed by atoms with Gasteiger partial charge < -0.3 is 35.8 Å². The maximum atomic E-state index is 15.3. The van der Waals surface area contributed by atoms with Crippen LogP contribution in [0.2, 0.25) is 0 Å². The number of halogens is 2. The summed E-state index contributed by atoms with van der Waals surface area (Å²) in [7, 11) is 0. The second-order valence-corrected chi connectivity index (χ2v) is 7.58. The van der Waals surface area contributed by atoms with Crippen LogP contribution in [-0.4, -0.2) is 82.8 Å². The molecule has 0 spiro atoms. The average Bonchev–Trinajstić information content (AvgIpc) is 2.71. The smallest absolute Gasteiger partial charge is 0.375 e. The fraction of sp³-hybridized carbons (Fsp3) is 0.895. The fourth-order valence-corrected chi connectivity index (χ4v) is 3.31. The molecule has 0 aromatic heterocycles. The van der Waals surface area contributed by atoms with Crippen molar-refractivity contribution >= 4 is 11.9 Å². The zero-order valence-electron chi connectivity index (χ0n) is 17.4. The van der Waals surface area contributed by atoms with E-state index in [1.165, 1.54) is 0 Å². The number of carbonyl (C=O) groups is 2. The van der Waals surface area contributed by atoms with Crippen molar-refractivity contribution in [2.24, 2.45) is 5.73 Å². The van der Waals surface area contributed by atoms with E-state index in [0.717, 1.165) is 39.0 Å². The van der Waals surface area contributed by atoms with Crippen LogP contribution in [0, 0.1) is 0 Å². The van der Waals surface area contributed by atoms with E-state index in [4.69, 9.17) is 20.3 Å². The van der Waals surface area contributed by atoms with Gasteiger partial charge >= 0.3 is 11.8 Å². The van der Waals surface area contributed by atoms with E-state index in [2.05, 4.69) is 12.2 Å². The number of aliphatic hydroxyl groups is 3. The highest BCUT2D eigenvalue weighted by Gasteiger charge is 2.62. The molecule has 176 valence electrons. The number of amides is 1. The number of nitrogens with one attached hydrogen (secondary N) is 1. The minimum absolute atomic E-state index is 0.149. The topological polar surface area (TPSA) is 151 Å². The van der Waals surface area contributed by atoms with Crippen molar-refractivity contribution in [3.8, 4) is 0 Å². The lowest BCUT2D eigenvalue weighted by atomic mass is 9.86. The first-order chi connectivity index (χ1) is 14.1. The van der Waals surface area contributed by atoms with Gasteiger partial charge in [0.15, 0.2) is 6.17 Å². The normalized spacial score (nSPS) is 31.1. The second-order valence-electron chi connectivity index (χ2n) is 7.58. The lowest BCUT2D eigenvalue weighted by Crippen LogP contribution is -2.73. The molecule has 11 heteroatoms. The number of hydrogen-bond acceptors (Lipinski definition) is 8. The summed E-state index contributed by atoms with van der Waals surface area (Å²) in [4.78, 5) is 23.7. The third-order valence-corrected chi connectivity index (χ3v) is 5.07. The van der Waals surface area contributed by atoms with Crippen LogP contribution in [0.1, 0.15) is 52.4 Å². The summed E-state index contributed by atoms with van der Waals surface area (Å²) in [5, 5.41) is 31.1. The monoisotopic (exact) mass is 440 g/mol. The molecule has 1 rings (SSSR count). The Balaban J connectivity index is 2.86. The molecule has 1 amide bonds. The first-order valence-electron chi connectivity index (χ1n) is 10.3. The van der Waals surface area contributed by atoms with E-state index in [9.17, 15) is 24.2 Å². The Morgan fingerprint density at radius 3 is 2.40 bits per heavy atom. The van der Waals surface area contributed by atoms with Gasteiger partial charge in [-0.2, -0.15) is 4.39 Å². The van der Waals surface area contributed by atoms with Gasteiger partial charge in [-0.05, 0) is 6.42 Å². The third kappa shape index (κ3) is 6.81. The number of hydrogen-bond donors (Lipinski definition) is 5. The number of esters is 1. The number of alkyl halides is 2. The van der Waals surface area contributed by atoms with E-state index < -0.39 is 60.9 Å². The molecule has 4 unspecified atom stereocenters. The Hall–Kier alpha value is -1.40. The molecule has 0 aromatic carbocycles. The van der Waals surface area contributed by atoms with Gasteiger partial charge in [0.05, 0.1) is 25.3 Å². The minimum Gasteiger partial charge on any atom is -0.461 e. The summed E-state index contributed by atoms with van der Waals surface area (Å²) in [6, 6.07) is -3.26. The molecule has 6 N–H and O–H groups in total. The summed E-state index contributed by atoms with van der Waals surface area (Å²) in [6.07, 6.45) is -2.98.